The molecule has 106 valence electrons. The molecular weight excluding hydrogens is 220 g/mol. The van der Waals surface area contributed by atoms with Crippen molar-refractivity contribution in [3.8, 4) is 0 Å². The Balaban J connectivity index is 1.92. The molecule has 2 nitrogen and oxygen atoms in total. The van der Waals surface area contributed by atoms with Crippen LogP contribution in [0.2, 0.25) is 0 Å². The molecule has 0 bridgehead atoms. The molecule has 1 heterocycles. The molecule has 0 radical (unpaired) electrons. The maximum Gasteiger partial charge on any atom is 0.00502 e. The van der Waals surface area contributed by atoms with Gasteiger partial charge in [-0.05, 0) is 69.0 Å². The summed E-state index contributed by atoms with van der Waals surface area (Å²) in [5, 5.41) is 0. The number of nitrogens with zero attached hydrogens (tertiary/aromatic N) is 1. The Bertz CT molecular complexity index is 253. The number of nitrogens with two attached hydrogens (primary N) is 1. The minimum absolute atomic E-state index is 0.436. The van der Waals surface area contributed by atoms with E-state index in [0.717, 1.165) is 18.4 Å². The van der Waals surface area contributed by atoms with E-state index >= 15 is 0 Å². The summed E-state index contributed by atoms with van der Waals surface area (Å²) in [6, 6.07) is 0. The monoisotopic (exact) mass is 252 g/mol. The average Bonchev–Trinajstić information content (AvgIpc) is 2.54. The van der Waals surface area contributed by atoms with Crippen molar-refractivity contribution in [3.05, 3.63) is 0 Å². The van der Waals surface area contributed by atoms with E-state index in [4.69, 9.17) is 5.73 Å². The van der Waals surface area contributed by atoms with Crippen LogP contribution in [0.15, 0.2) is 0 Å². The third-order valence-corrected chi connectivity index (χ3v) is 5.29. The topological polar surface area (TPSA) is 29.3 Å². The lowest BCUT2D eigenvalue weighted by molar-refractivity contribution is 0.0896. The molecule has 0 amide bonds. The van der Waals surface area contributed by atoms with Gasteiger partial charge in [0.2, 0.25) is 0 Å². The number of hydrogen-bond acceptors (Lipinski definition) is 2. The van der Waals surface area contributed by atoms with Crippen LogP contribution in [0.3, 0.4) is 0 Å². The lowest BCUT2D eigenvalue weighted by Crippen LogP contribution is -2.45. The minimum atomic E-state index is 0.436. The normalized spacial score (nSPS) is 39.5. The van der Waals surface area contributed by atoms with E-state index in [1.165, 1.54) is 64.6 Å². The molecule has 2 rings (SSSR count). The Morgan fingerprint density at radius 3 is 2.56 bits per heavy atom. The number of hydrogen-bond donors (Lipinski definition) is 1. The van der Waals surface area contributed by atoms with E-state index in [9.17, 15) is 0 Å². The quantitative estimate of drug-likeness (QED) is 0.835. The molecule has 18 heavy (non-hydrogen) atoms. The van der Waals surface area contributed by atoms with Crippen molar-refractivity contribution in [3.63, 3.8) is 0 Å². The van der Waals surface area contributed by atoms with Gasteiger partial charge < -0.3 is 10.6 Å². The highest BCUT2D eigenvalue weighted by molar-refractivity contribution is 4.89. The van der Waals surface area contributed by atoms with Crippen LogP contribution < -0.4 is 5.73 Å². The third-order valence-electron chi connectivity index (χ3n) is 5.29. The molecule has 2 aliphatic rings. The number of likely N-dealkylation sites (tertiary alicyclic amines) is 1. The maximum atomic E-state index is 6.16. The van der Waals surface area contributed by atoms with Gasteiger partial charge in [0.05, 0.1) is 0 Å². The molecule has 0 aromatic carbocycles. The van der Waals surface area contributed by atoms with E-state index in [-0.39, 0.29) is 0 Å². The van der Waals surface area contributed by atoms with Gasteiger partial charge in [-0.3, -0.25) is 0 Å². The average molecular weight is 252 g/mol. The molecule has 0 aromatic rings. The van der Waals surface area contributed by atoms with Crippen LogP contribution in [0.1, 0.15) is 58.8 Å². The van der Waals surface area contributed by atoms with Gasteiger partial charge in [0, 0.05) is 6.54 Å². The highest BCUT2D eigenvalue weighted by Crippen LogP contribution is 2.39. The summed E-state index contributed by atoms with van der Waals surface area (Å²) in [5.41, 5.74) is 6.59. The van der Waals surface area contributed by atoms with Gasteiger partial charge >= 0.3 is 0 Å². The molecular formula is C16H32N2. The third kappa shape index (κ3) is 3.71. The van der Waals surface area contributed by atoms with Gasteiger partial charge in [-0.1, -0.05) is 26.7 Å². The Morgan fingerprint density at radius 1 is 1.06 bits per heavy atom. The predicted octanol–water partition coefficient (Wildman–Crippen LogP) is 3.26. The summed E-state index contributed by atoms with van der Waals surface area (Å²) < 4.78 is 0. The Labute approximate surface area is 113 Å². The van der Waals surface area contributed by atoms with E-state index in [1.54, 1.807) is 0 Å². The fourth-order valence-corrected chi connectivity index (χ4v) is 4.12. The van der Waals surface area contributed by atoms with Crippen molar-refractivity contribution in [1.82, 2.24) is 4.90 Å². The van der Waals surface area contributed by atoms with Crippen molar-refractivity contribution < 1.29 is 0 Å². The molecule has 0 aromatic heterocycles. The molecule has 1 aliphatic heterocycles. The number of rotatable bonds is 3. The van der Waals surface area contributed by atoms with Gasteiger partial charge in [-0.15, -0.1) is 0 Å². The molecule has 1 saturated carbocycles. The summed E-state index contributed by atoms with van der Waals surface area (Å²) in [4.78, 5) is 2.72. The fraction of sp³-hybridized carbons (Fsp3) is 1.00. The molecule has 3 unspecified atom stereocenters. The van der Waals surface area contributed by atoms with Crippen molar-refractivity contribution in [2.75, 3.05) is 26.2 Å². The minimum Gasteiger partial charge on any atom is -0.330 e. The fourth-order valence-electron chi connectivity index (χ4n) is 4.12. The molecule has 2 N–H and O–H groups in total. The van der Waals surface area contributed by atoms with Crippen LogP contribution in [0, 0.1) is 17.3 Å². The first-order valence-corrected chi connectivity index (χ1v) is 8.06. The summed E-state index contributed by atoms with van der Waals surface area (Å²) >= 11 is 0. The first-order valence-electron chi connectivity index (χ1n) is 8.06. The van der Waals surface area contributed by atoms with Crippen LogP contribution in [0.4, 0.5) is 0 Å². The second-order valence-electron chi connectivity index (χ2n) is 7.22. The lowest BCUT2D eigenvalue weighted by atomic mass is 9.69. The van der Waals surface area contributed by atoms with Gasteiger partial charge in [0.15, 0.2) is 0 Å². The van der Waals surface area contributed by atoms with E-state index in [2.05, 4.69) is 18.7 Å². The molecule has 3 atom stereocenters. The highest BCUT2D eigenvalue weighted by Gasteiger charge is 2.35. The summed E-state index contributed by atoms with van der Waals surface area (Å²) in [6.07, 6.45) is 9.72. The molecule has 1 aliphatic carbocycles. The van der Waals surface area contributed by atoms with Gasteiger partial charge in [-0.25, -0.2) is 0 Å². The first-order chi connectivity index (χ1) is 8.63. The maximum absolute atomic E-state index is 6.16. The Hall–Kier alpha value is -0.0800. The second kappa shape index (κ2) is 6.38. The van der Waals surface area contributed by atoms with Crippen LogP contribution in [-0.2, 0) is 0 Å². The van der Waals surface area contributed by atoms with E-state index in [1.807, 2.05) is 0 Å². The SMILES string of the molecule is CC1CCCN(CC2(CN)CCCC(C)C2)CC1. The van der Waals surface area contributed by atoms with Crippen molar-refractivity contribution in [1.29, 1.82) is 0 Å². The van der Waals surface area contributed by atoms with Crippen LogP contribution in [-0.4, -0.2) is 31.1 Å². The summed E-state index contributed by atoms with van der Waals surface area (Å²) in [7, 11) is 0. The molecule has 0 spiro atoms. The standard InChI is InChI=1S/C16H32N2/c1-14-6-4-9-18(10-7-14)13-16(12-17)8-3-5-15(2)11-16/h14-15H,3-13,17H2,1-2H3. The first kappa shape index (κ1) is 14.3. The second-order valence-corrected chi connectivity index (χ2v) is 7.22. The van der Waals surface area contributed by atoms with Crippen LogP contribution in [0.5, 0.6) is 0 Å². The van der Waals surface area contributed by atoms with E-state index in [0.29, 0.717) is 5.41 Å². The van der Waals surface area contributed by atoms with E-state index < -0.39 is 0 Å². The zero-order valence-corrected chi connectivity index (χ0v) is 12.5. The Morgan fingerprint density at radius 2 is 1.83 bits per heavy atom. The zero-order valence-electron chi connectivity index (χ0n) is 12.5. The molecule has 2 fully saturated rings. The Kier molecular flexibility index (Phi) is 5.08. The zero-order chi connectivity index (χ0) is 13.0. The molecule has 2 heteroatoms. The summed E-state index contributed by atoms with van der Waals surface area (Å²) in [5.74, 6) is 1.81. The smallest absolute Gasteiger partial charge is 0.00502 e. The lowest BCUT2D eigenvalue weighted by Gasteiger charge is -2.42. The summed E-state index contributed by atoms with van der Waals surface area (Å²) in [6.45, 7) is 9.58. The van der Waals surface area contributed by atoms with Gasteiger partial charge in [-0.2, -0.15) is 0 Å². The van der Waals surface area contributed by atoms with Gasteiger partial charge in [0.25, 0.3) is 0 Å². The van der Waals surface area contributed by atoms with Gasteiger partial charge in [0.1, 0.15) is 0 Å². The van der Waals surface area contributed by atoms with Crippen molar-refractivity contribution in [2.24, 2.45) is 23.0 Å². The largest absolute Gasteiger partial charge is 0.330 e. The van der Waals surface area contributed by atoms with Crippen molar-refractivity contribution in [2.45, 2.75) is 58.8 Å². The van der Waals surface area contributed by atoms with Crippen LogP contribution >= 0.6 is 0 Å². The van der Waals surface area contributed by atoms with Crippen LogP contribution in [0.25, 0.3) is 0 Å². The highest BCUT2D eigenvalue weighted by atomic mass is 15.1. The van der Waals surface area contributed by atoms with Crippen molar-refractivity contribution >= 4 is 0 Å². The molecule has 1 saturated heterocycles. The predicted molar refractivity (Wildman–Crippen MR) is 78.6 cm³/mol.